The Hall–Kier alpha value is -2.17. The first-order valence-electron chi connectivity index (χ1n) is 11.3. The molecule has 0 radical (unpaired) electrons. The fourth-order valence-electron chi connectivity index (χ4n) is 4.52. The number of aromatic hydroxyl groups is 1. The fraction of sp³-hybridized carbons (Fsp3) is 0.417. The van der Waals surface area contributed by atoms with Crippen LogP contribution in [-0.2, 0) is 6.42 Å². The number of nitrogens with zero attached hydrogens (tertiary/aromatic N) is 5. The van der Waals surface area contributed by atoms with Crippen molar-refractivity contribution in [3.05, 3.63) is 41.5 Å². The molecule has 4 heterocycles. The van der Waals surface area contributed by atoms with Gasteiger partial charge in [0.1, 0.15) is 17.1 Å². The van der Waals surface area contributed by atoms with E-state index in [9.17, 15) is 9.50 Å². The second-order valence-corrected chi connectivity index (χ2v) is 8.67. The van der Waals surface area contributed by atoms with Crippen LogP contribution in [0.3, 0.4) is 0 Å². The van der Waals surface area contributed by atoms with Crippen molar-refractivity contribution in [1.82, 2.24) is 24.8 Å². The van der Waals surface area contributed by atoms with Crippen LogP contribution in [0, 0.1) is 5.82 Å². The summed E-state index contributed by atoms with van der Waals surface area (Å²) >= 11 is 0. The van der Waals surface area contributed by atoms with Crippen LogP contribution in [0.4, 0.5) is 16.2 Å². The van der Waals surface area contributed by atoms with E-state index in [-0.39, 0.29) is 84.3 Å². The van der Waals surface area contributed by atoms with Crippen LogP contribution in [0.1, 0.15) is 50.8 Å². The number of hydrogen-bond donors (Lipinski definition) is 3. The van der Waals surface area contributed by atoms with Crippen LogP contribution in [0.2, 0.25) is 0 Å². The Kier molecular flexibility index (Phi) is 13.8. The van der Waals surface area contributed by atoms with E-state index in [4.69, 9.17) is 11.5 Å². The third-order valence-corrected chi connectivity index (χ3v) is 6.35. The summed E-state index contributed by atoms with van der Waals surface area (Å²) in [6, 6.07) is 5.02. The molecule has 1 aliphatic rings. The predicted octanol–water partition coefficient (Wildman–Crippen LogP) is 5.45. The fourth-order valence-corrected chi connectivity index (χ4v) is 4.52. The van der Waals surface area contributed by atoms with Crippen LogP contribution >= 0.6 is 49.6 Å². The second kappa shape index (κ2) is 14.7. The van der Waals surface area contributed by atoms with Crippen LogP contribution in [0.25, 0.3) is 22.6 Å². The van der Waals surface area contributed by atoms with Gasteiger partial charge in [0, 0.05) is 29.3 Å². The lowest BCUT2D eigenvalue weighted by Gasteiger charge is -2.35. The van der Waals surface area contributed by atoms with Crippen molar-refractivity contribution < 1.29 is 9.50 Å². The smallest absolute Gasteiger partial charge is 0.220 e. The maximum atomic E-state index is 14.6. The molecule has 0 unspecified atom stereocenters. The molecule has 206 valence electrons. The van der Waals surface area contributed by atoms with E-state index < -0.39 is 5.82 Å². The highest BCUT2D eigenvalue weighted by Gasteiger charge is 2.28. The lowest BCUT2D eigenvalue weighted by molar-refractivity contribution is 0.170. The predicted molar refractivity (Wildman–Crippen MR) is 156 cm³/mol. The third kappa shape index (κ3) is 7.23. The first kappa shape index (κ1) is 34.8. The molecule has 1 fully saturated rings. The van der Waals surface area contributed by atoms with Gasteiger partial charge in [0.15, 0.2) is 11.6 Å². The normalized spacial score (nSPS) is 13.6. The minimum atomic E-state index is -0.655. The lowest BCUT2D eigenvalue weighted by Crippen LogP contribution is -2.38. The Bertz CT molecular complexity index is 1180. The molecule has 0 aromatic carbocycles. The third-order valence-electron chi connectivity index (χ3n) is 6.35. The number of piperidine rings is 1. The van der Waals surface area contributed by atoms with Gasteiger partial charge in [0.25, 0.3) is 0 Å². The van der Waals surface area contributed by atoms with E-state index in [1.54, 1.807) is 0 Å². The Labute approximate surface area is 241 Å². The molecule has 5 N–H and O–H groups in total. The lowest BCUT2D eigenvalue weighted by atomic mass is 9.88. The molecule has 4 rings (SSSR count). The van der Waals surface area contributed by atoms with Crippen LogP contribution in [-0.4, -0.2) is 49.1 Å². The monoisotopic (exact) mass is 595 g/mol. The molecule has 0 amide bonds. The summed E-state index contributed by atoms with van der Waals surface area (Å²) in [6.07, 6.45) is 4.02. The molecule has 3 aromatic heterocycles. The van der Waals surface area contributed by atoms with Crippen molar-refractivity contribution in [2.24, 2.45) is 0 Å². The summed E-state index contributed by atoms with van der Waals surface area (Å²) in [5.41, 5.74) is 14.8. The number of nitrogens with two attached hydrogens (primary N) is 2. The van der Waals surface area contributed by atoms with Crippen LogP contribution in [0.5, 0.6) is 5.75 Å². The maximum absolute atomic E-state index is 14.6. The van der Waals surface area contributed by atoms with Gasteiger partial charge in [-0.1, -0.05) is 6.92 Å². The SMILES string of the molecule is CCc1c(-c2nc(-c3ccnc(N)c3F)ccc2O)nc(N)nc1C1CCN(C(C)C)CC1.Cl.Cl.Cl.Cl. The minimum Gasteiger partial charge on any atom is -0.506 e. The first-order valence-corrected chi connectivity index (χ1v) is 11.3. The molecule has 1 saturated heterocycles. The molecule has 3 aromatic rings. The summed E-state index contributed by atoms with van der Waals surface area (Å²) in [5, 5.41) is 10.7. The van der Waals surface area contributed by atoms with Crippen LogP contribution in [0.15, 0.2) is 24.4 Å². The van der Waals surface area contributed by atoms with Crippen molar-refractivity contribution in [3.63, 3.8) is 0 Å². The van der Waals surface area contributed by atoms with Gasteiger partial charge in [0.05, 0.1) is 11.4 Å². The molecule has 1 aliphatic heterocycles. The van der Waals surface area contributed by atoms with E-state index in [2.05, 4.69) is 38.7 Å². The van der Waals surface area contributed by atoms with Crippen molar-refractivity contribution in [1.29, 1.82) is 0 Å². The van der Waals surface area contributed by atoms with Gasteiger partial charge < -0.3 is 21.5 Å². The van der Waals surface area contributed by atoms with E-state index in [1.807, 2.05) is 6.92 Å². The molecule has 0 atom stereocenters. The number of halogens is 5. The molecule has 0 saturated carbocycles. The highest BCUT2D eigenvalue weighted by atomic mass is 35.5. The largest absolute Gasteiger partial charge is 0.506 e. The average Bonchev–Trinajstić information content (AvgIpc) is 2.81. The first-order chi connectivity index (χ1) is 15.8. The molecule has 8 nitrogen and oxygen atoms in total. The van der Waals surface area contributed by atoms with E-state index in [0.717, 1.165) is 37.2 Å². The zero-order valence-electron chi connectivity index (χ0n) is 20.8. The molecule has 0 bridgehead atoms. The molecular formula is C24H34Cl4FN7O. The number of aromatic nitrogens is 4. The topological polar surface area (TPSA) is 127 Å². The van der Waals surface area contributed by atoms with Crippen molar-refractivity contribution in [2.75, 3.05) is 24.6 Å². The number of anilines is 2. The van der Waals surface area contributed by atoms with E-state index in [1.165, 1.54) is 24.4 Å². The van der Waals surface area contributed by atoms with Crippen LogP contribution < -0.4 is 11.5 Å². The Morgan fingerprint density at radius 3 is 2.24 bits per heavy atom. The zero-order chi connectivity index (χ0) is 23.7. The Morgan fingerprint density at radius 1 is 1.00 bits per heavy atom. The van der Waals surface area contributed by atoms with Gasteiger partial charge in [-0.2, -0.15) is 0 Å². The molecule has 13 heteroatoms. The molecular weight excluding hydrogens is 563 g/mol. The van der Waals surface area contributed by atoms with Gasteiger partial charge in [-0.3, -0.25) is 0 Å². The number of nitrogen functional groups attached to an aromatic ring is 2. The highest BCUT2D eigenvalue weighted by molar-refractivity contribution is 5.86. The summed E-state index contributed by atoms with van der Waals surface area (Å²) in [5.74, 6) is -0.539. The summed E-state index contributed by atoms with van der Waals surface area (Å²) in [6.45, 7) is 8.42. The van der Waals surface area contributed by atoms with Gasteiger partial charge in [0.2, 0.25) is 5.95 Å². The van der Waals surface area contributed by atoms with Crippen molar-refractivity contribution in [2.45, 2.75) is 52.0 Å². The molecule has 0 aliphatic carbocycles. The van der Waals surface area contributed by atoms with Gasteiger partial charge in [-0.15, -0.1) is 49.6 Å². The zero-order valence-corrected chi connectivity index (χ0v) is 24.1. The van der Waals surface area contributed by atoms with Crippen molar-refractivity contribution in [3.8, 4) is 28.4 Å². The Balaban J connectivity index is 0.00000324. The highest BCUT2D eigenvalue weighted by Crippen LogP contribution is 2.37. The van der Waals surface area contributed by atoms with Gasteiger partial charge in [-0.05, 0) is 64.4 Å². The standard InChI is InChI=1S/C24H30FN7O.4ClH/c1-4-15-20(14-8-11-32(12-9-14)13(2)3)30-24(27)31-21(15)22-18(33)6-5-17(29-22)16-7-10-28-23(26)19(16)25;;;;/h5-7,10,13-14,33H,4,8-9,11-12H2,1-3H3,(H2,26,28)(H2,27,30,31);4*1H. The van der Waals surface area contributed by atoms with Crippen molar-refractivity contribution >= 4 is 61.4 Å². The summed E-state index contributed by atoms with van der Waals surface area (Å²) in [4.78, 5) is 19.8. The quantitative estimate of drug-likeness (QED) is 0.355. The molecule has 37 heavy (non-hydrogen) atoms. The summed E-state index contributed by atoms with van der Waals surface area (Å²) in [7, 11) is 0. The van der Waals surface area contributed by atoms with E-state index >= 15 is 0 Å². The number of likely N-dealkylation sites (tertiary alicyclic amines) is 1. The van der Waals surface area contributed by atoms with Gasteiger partial charge >= 0.3 is 0 Å². The average molecular weight is 597 g/mol. The number of rotatable bonds is 5. The number of hydrogen-bond acceptors (Lipinski definition) is 8. The van der Waals surface area contributed by atoms with Gasteiger partial charge in [-0.25, -0.2) is 24.3 Å². The summed E-state index contributed by atoms with van der Waals surface area (Å²) < 4.78 is 14.6. The maximum Gasteiger partial charge on any atom is 0.220 e. The second-order valence-electron chi connectivity index (χ2n) is 8.67. The molecule has 0 spiro atoms. The minimum absolute atomic E-state index is 0. The van der Waals surface area contributed by atoms with E-state index in [0.29, 0.717) is 23.9 Å². The number of pyridine rings is 2. The Morgan fingerprint density at radius 2 is 1.65 bits per heavy atom.